The van der Waals surface area contributed by atoms with Gasteiger partial charge in [-0.05, 0) is 42.3 Å². The lowest BCUT2D eigenvalue weighted by molar-refractivity contribution is -0.00461. The van der Waals surface area contributed by atoms with E-state index in [1.807, 2.05) is 12.3 Å². The van der Waals surface area contributed by atoms with E-state index in [1.54, 1.807) is 18.3 Å². The van der Waals surface area contributed by atoms with E-state index in [9.17, 15) is 4.39 Å². The molecule has 0 radical (unpaired) electrons. The quantitative estimate of drug-likeness (QED) is 0.821. The van der Waals surface area contributed by atoms with Gasteiger partial charge in [-0.2, -0.15) is 0 Å². The fourth-order valence-corrected chi connectivity index (χ4v) is 3.44. The molecule has 0 N–H and O–H groups in total. The van der Waals surface area contributed by atoms with Crippen molar-refractivity contribution in [1.29, 1.82) is 0 Å². The van der Waals surface area contributed by atoms with Gasteiger partial charge in [0, 0.05) is 32.0 Å². The number of aromatic nitrogens is 1. The van der Waals surface area contributed by atoms with Crippen LogP contribution in [-0.2, 0) is 15.9 Å². The van der Waals surface area contributed by atoms with Crippen molar-refractivity contribution in [3.05, 3.63) is 60.2 Å². The van der Waals surface area contributed by atoms with Crippen LogP contribution in [0.2, 0.25) is 0 Å². The summed E-state index contributed by atoms with van der Waals surface area (Å²) in [5.74, 6) is 0.361. The number of hydrogen-bond acceptors (Lipinski definition) is 5. The van der Waals surface area contributed by atoms with Gasteiger partial charge >= 0.3 is 0 Å². The Hall–Kier alpha value is -2.02. The Bertz CT molecular complexity index is 682. The van der Waals surface area contributed by atoms with Crippen LogP contribution in [0.5, 0.6) is 5.75 Å². The summed E-state index contributed by atoms with van der Waals surface area (Å²) in [7, 11) is 0. The number of fused-ring (bicyclic) bond motifs is 1. The van der Waals surface area contributed by atoms with Crippen LogP contribution >= 0.6 is 0 Å². The highest BCUT2D eigenvalue weighted by Gasteiger charge is 2.37. The van der Waals surface area contributed by atoms with Gasteiger partial charge in [0.2, 0.25) is 0 Å². The molecule has 2 fully saturated rings. The molecule has 0 spiro atoms. The predicted octanol–water partition coefficient (Wildman–Crippen LogP) is 2.31. The summed E-state index contributed by atoms with van der Waals surface area (Å²) in [6, 6.07) is 10.1. The Morgan fingerprint density at radius 3 is 2.46 bits per heavy atom. The van der Waals surface area contributed by atoms with Crippen molar-refractivity contribution < 1.29 is 18.6 Å². The van der Waals surface area contributed by atoms with Gasteiger partial charge in [0.25, 0.3) is 0 Å². The Morgan fingerprint density at radius 2 is 1.81 bits per heavy atom. The van der Waals surface area contributed by atoms with Crippen molar-refractivity contribution in [3.8, 4) is 5.75 Å². The van der Waals surface area contributed by atoms with Crippen LogP contribution in [0.4, 0.5) is 4.39 Å². The highest BCUT2D eigenvalue weighted by molar-refractivity contribution is 5.22. The smallest absolute Gasteiger partial charge is 0.145 e. The van der Waals surface area contributed by atoms with Crippen molar-refractivity contribution in [2.75, 3.05) is 32.8 Å². The number of hydrogen-bond donors (Lipinski definition) is 0. The molecule has 3 heterocycles. The number of likely N-dealkylation sites (tertiary alicyclic amines) is 1. The van der Waals surface area contributed by atoms with Crippen molar-refractivity contribution >= 4 is 0 Å². The molecule has 1 aromatic carbocycles. The molecule has 2 aliphatic heterocycles. The highest BCUT2D eigenvalue weighted by atomic mass is 19.1. The summed E-state index contributed by atoms with van der Waals surface area (Å²) in [4.78, 5) is 6.54. The second kappa shape index (κ2) is 8.12. The fourth-order valence-electron chi connectivity index (χ4n) is 3.44. The van der Waals surface area contributed by atoms with Crippen molar-refractivity contribution in [1.82, 2.24) is 9.88 Å². The third-order valence-corrected chi connectivity index (χ3v) is 4.84. The monoisotopic (exact) mass is 358 g/mol. The third kappa shape index (κ3) is 4.38. The minimum Gasteiger partial charge on any atom is -0.486 e. The largest absolute Gasteiger partial charge is 0.486 e. The maximum atomic E-state index is 13.0. The Labute approximate surface area is 152 Å². The van der Waals surface area contributed by atoms with E-state index >= 15 is 0 Å². The van der Waals surface area contributed by atoms with Gasteiger partial charge in [0.1, 0.15) is 17.7 Å². The second-order valence-corrected chi connectivity index (χ2v) is 6.81. The zero-order chi connectivity index (χ0) is 17.8. The van der Waals surface area contributed by atoms with Crippen molar-refractivity contribution in [3.63, 3.8) is 0 Å². The van der Waals surface area contributed by atoms with Crippen molar-refractivity contribution in [2.24, 2.45) is 0 Å². The molecule has 0 saturated carbocycles. The van der Waals surface area contributed by atoms with Gasteiger partial charge in [-0.3, -0.25) is 9.88 Å². The van der Waals surface area contributed by atoms with E-state index in [2.05, 4.69) is 16.0 Å². The molecule has 4 rings (SSSR count). The Kier molecular flexibility index (Phi) is 5.43. The topological polar surface area (TPSA) is 43.8 Å². The number of nitrogens with zero attached hydrogens (tertiary/aromatic N) is 2. The van der Waals surface area contributed by atoms with E-state index in [1.165, 1.54) is 17.7 Å². The first-order valence-electron chi connectivity index (χ1n) is 9.03. The molecule has 2 aromatic rings. The Balaban J connectivity index is 1.25. The maximum absolute atomic E-state index is 13.0. The average Bonchev–Trinajstić information content (AvgIpc) is 2.98. The lowest BCUT2D eigenvalue weighted by Gasteiger charge is -2.19. The van der Waals surface area contributed by atoms with Crippen LogP contribution in [0.25, 0.3) is 0 Å². The van der Waals surface area contributed by atoms with Crippen molar-refractivity contribution in [2.45, 2.75) is 24.7 Å². The molecule has 5 nitrogen and oxygen atoms in total. The summed E-state index contributed by atoms with van der Waals surface area (Å²) in [5, 5.41) is 0. The molecular weight excluding hydrogens is 335 g/mol. The first kappa shape index (κ1) is 17.4. The minimum atomic E-state index is -0.272. The van der Waals surface area contributed by atoms with Crippen LogP contribution in [0.3, 0.4) is 0 Å². The van der Waals surface area contributed by atoms with Crippen LogP contribution in [-0.4, -0.2) is 61.0 Å². The molecular formula is C20H23FN2O3. The molecule has 0 bridgehead atoms. The standard InChI is InChI=1S/C20H23FN2O3/c21-16-3-5-17(6-4-16)26-18-13-24-19-11-23(12-20(19)25-14-18)9-7-15-2-1-8-22-10-15/h1-6,8,10,18-20H,7,9,11-14H2/t19-,20-/m0/s1. The first-order chi connectivity index (χ1) is 12.8. The number of pyridine rings is 1. The Morgan fingerprint density at radius 1 is 1.08 bits per heavy atom. The first-order valence-corrected chi connectivity index (χ1v) is 9.03. The molecule has 0 amide bonds. The fraction of sp³-hybridized carbons (Fsp3) is 0.450. The number of halogens is 1. The predicted molar refractivity (Wildman–Crippen MR) is 94.7 cm³/mol. The molecule has 2 saturated heterocycles. The van der Waals surface area contributed by atoms with Crippen LogP contribution in [0, 0.1) is 5.82 Å². The molecule has 138 valence electrons. The summed E-state index contributed by atoms with van der Waals surface area (Å²) < 4.78 is 30.9. The number of rotatable bonds is 5. The molecule has 0 aliphatic carbocycles. The zero-order valence-electron chi connectivity index (χ0n) is 14.6. The zero-order valence-corrected chi connectivity index (χ0v) is 14.6. The minimum absolute atomic E-state index is 0.0747. The van der Waals surface area contributed by atoms with E-state index < -0.39 is 0 Å². The van der Waals surface area contributed by atoms with Gasteiger partial charge in [-0.15, -0.1) is 0 Å². The molecule has 2 aliphatic rings. The normalized spacial score (nSPS) is 24.2. The number of ether oxygens (including phenoxy) is 3. The molecule has 26 heavy (non-hydrogen) atoms. The molecule has 6 heteroatoms. The van der Waals surface area contributed by atoms with E-state index in [0.717, 1.165) is 26.1 Å². The molecule has 1 aromatic heterocycles. The summed E-state index contributed by atoms with van der Waals surface area (Å²) in [6.45, 7) is 3.67. The molecule has 0 unspecified atom stereocenters. The van der Waals surface area contributed by atoms with Gasteiger partial charge < -0.3 is 14.2 Å². The van der Waals surface area contributed by atoms with Gasteiger partial charge in [-0.25, -0.2) is 4.39 Å². The third-order valence-electron chi connectivity index (χ3n) is 4.84. The van der Waals surface area contributed by atoms with Gasteiger partial charge in [0.15, 0.2) is 0 Å². The van der Waals surface area contributed by atoms with E-state index in [-0.39, 0.29) is 24.1 Å². The van der Waals surface area contributed by atoms with E-state index in [4.69, 9.17) is 14.2 Å². The lowest BCUT2D eigenvalue weighted by Crippen LogP contribution is -2.30. The summed E-state index contributed by atoms with van der Waals surface area (Å²) in [6.07, 6.45) is 4.66. The van der Waals surface area contributed by atoms with E-state index in [0.29, 0.717) is 19.0 Å². The van der Waals surface area contributed by atoms with Crippen LogP contribution in [0.15, 0.2) is 48.8 Å². The average molecular weight is 358 g/mol. The lowest BCUT2D eigenvalue weighted by atomic mass is 10.2. The molecule has 2 atom stereocenters. The summed E-state index contributed by atoms with van der Waals surface area (Å²) >= 11 is 0. The SMILES string of the molecule is Fc1ccc(OC2CO[C@H]3CN(CCc4cccnc4)C[C@@H]3OC2)cc1. The summed E-state index contributed by atoms with van der Waals surface area (Å²) in [5.41, 5.74) is 1.24. The van der Waals surface area contributed by atoms with Gasteiger partial charge in [0.05, 0.1) is 25.4 Å². The van der Waals surface area contributed by atoms with Gasteiger partial charge in [-0.1, -0.05) is 6.07 Å². The van der Waals surface area contributed by atoms with Crippen LogP contribution < -0.4 is 4.74 Å². The van der Waals surface area contributed by atoms with Crippen LogP contribution in [0.1, 0.15) is 5.56 Å². The maximum Gasteiger partial charge on any atom is 0.145 e. The highest BCUT2D eigenvalue weighted by Crippen LogP contribution is 2.22. The second-order valence-electron chi connectivity index (χ2n) is 6.81. The number of benzene rings is 1.